The lowest BCUT2D eigenvalue weighted by Crippen LogP contribution is -2.68. The molecule has 0 amide bonds. The molecule has 3 saturated heterocycles. The van der Waals surface area contributed by atoms with Gasteiger partial charge in [-0.2, -0.15) is 0 Å². The molecule has 1 aromatic carbocycles. The molecular weight excluding hydrogens is 971 g/mol. The summed E-state index contributed by atoms with van der Waals surface area (Å²) in [5, 5.41) is 0. The van der Waals surface area contributed by atoms with Crippen molar-refractivity contribution in [3.63, 3.8) is 0 Å². The first kappa shape index (κ1) is 58.2. The maximum Gasteiger partial charge on any atom is 0.339 e. The number of aryl methyl sites for hydroxylation is 3. The average molecular weight is 1030 g/mol. The molecule has 72 heavy (non-hydrogen) atoms. The van der Waals surface area contributed by atoms with Crippen LogP contribution in [0.15, 0.2) is 12.1 Å². The Kier molecular flexibility index (Phi) is 20.9. The molecule has 26 heteroatoms. The van der Waals surface area contributed by atoms with Crippen LogP contribution in [0.1, 0.15) is 89.4 Å². The van der Waals surface area contributed by atoms with E-state index in [2.05, 4.69) is 0 Å². The summed E-state index contributed by atoms with van der Waals surface area (Å²) in [5.41, 5.74) is 1.74. The van der Waals surface area contributed by atoms with Crippen LogP contribution in [-0.2, 0) is 114 Å². The number of esters is 10. The number of carbonyl (C=O) groups excluding carboxylic acids is 10. The first-order valence-corrected chi connectivity index (χ1v) is 22.3. The fourth-order valence-corrected chi connectivity index (χ4v) is 8.24. The fourth-order valence-electron chi connectivity index (χ4n) is 8.24. The number of alkyl halides is 1. The minimum absolute atomic E-state index is 0.0413. The Labute approximate surface area is 411 Å². The molecule has 3 aliphatic rings. The third-order valence-electron chi connectivity index (χ3n) is 10.6. The molecule has 3 aliphatic heterocycles. The van der Waals surface area contributed by atoms with E-state index in [1.165, 1.54) is 0 Å². The zero-order valence-corrected chi connectivity index (χ0v) is 41.5. The van der Waals surface area contributed by atoms with Gasteiger partial charge in [-0.3, -0.25) is 43.2 Å². The highest BCUT2D eigenvalue weighted by atomic mass is 19.1. The van der Waals surface area contributed by atoms with E-state index in [4.69, 9.17) is 71.1 Å². The highest BCUT2D eigenvalue weighted by molar-refractivity contribution is 5.93. The van der Waals surface area contributed by atoms with Crippen molar-refractivity contribution in [3.05, 3.63) is 34.4 Å². The van der Waals surface area contributed by atoms with Crippen molar-refractivity contribution >= 4 is 59.7 Å². The summed E-state index contributed by atoms with van der Waals surface area (Å²) in [5.74, 6) is -9.92. The lowest BCUT2D eigenvalue weighted by atomic mass is 9.95. The molecule has 1 aromatic rings. The molecule has 0 aromatic heterocycles. The Bertz CT molecular complexity index is 2170. The first-order valence-electron chi connectivity index (χ1n) is 22.3. The Balaban J connectivity index is 1.91. The van der Waals surface area contributed by atoms with Gasteiger partial charge in [-0.25, -0.2) is 9.18 Å². The maximum atomic E-state index is 16.4. The van der Waals surface area contributed by atoms with Crippen LogP contribution >= 0.6 is 0 Å². The van der Waals surface area contributed by atoms with Crippen LogP contribution in [0.2, 0.25) is 0 Å². The Hall–Kier alpha value is -6.35. The van der Waals surface area contributed by atoms with Gasteiger partial charge in [-0.05, 0) is 31.9 Å². The van der Waals surface area contributed by atoms with Crippen LogP contribution in [0.25, 0.3) is 0 Å². The predicted molar refractivity (Wildman–Crippen MR) is 230 cm³/mol. The summed E-state index contributed by atoms with van der Waals surface area (Å²) >= 11 is 0. The van der Waals surface area contributed by atoms with Gasteiger partial charge < -0.3 is 71.1 Å². The molecule has 0 saturated carbocycles. The minimum atomic E-state index is -2.59. The maximum absolute atomic E-state index is 16.4. The van der Waals surface area contributed by atoms with Crippen molar-refractivity contribution in [1.82, 2.24) is 0 Å². The van der Waals surface area contributed by atoms with Gasteiger partial charge in [-0.1, -0.05) is 17.7 Å². The highest BCUT2D eigenvalue weighted by Crippen LogP contribution is 2.38. The summed E-state index contributed by atoms with van der Waals surface area (Å²) in [6.45, 7) is 11.5. The summed E-state index contributed by atoms with van der Waals surface area (Å²) in [6.07, 6.45) is -29.0. The second kappa shape index (κ2) is 25.9. The van der Waals surface area contributed by atoms with E-state index in [9.17, 15) is 47.9 Å². The molecule has 0 bridgehead atoms. The number of rotatable bonds is 18. The third-order valence-corrected chi connectivity index (χ3v) is 10.6. The summed E-state index contributed by atoms with van der Waals surface area (Å²) in [4.78, 5) is 127. The summed E-state index contributed by atoms with van der Waals surface area (Å²) < 4.78 is 102. The van der Waals surface area contributed by atoms with Crippen LogP contribution in [0, 0.1) is 20.8 Å². The molecule has 1 unspecified atom stereocenters. The van der Waals surface area contributed by atoms with Gasteiger partial charge in [0, 0.05) is 62.3 Å². The SMILES string of the molecule is CC(=O)OC[C@H]1O[C@H](O[C@@H]2[C@H](OC(C)=O)[C@@H](OC(C)=O)[C@H](O[C@H]3[C@H](OC(C)=O)[C@@H](OC(=O)c4c(C)cc(C)cc4C)C(F)O[C@@H]3COC(C)=O)O[C@@H]2COC(C)=O)[C@H](OC(C)=O)[C@@H](OC(C)=O)[C@H]1OC(C)=O. The second-order valence-corrected chi connectivity index (χ2v) is 16.8. The zero-order valence-electron chi connectivity index (χ0n) is 41.5. The number of ether oxygens (including phenoxy) is 15. The number of benzene rings is 1. The quantitative estimate of drug-likeness (QED) is 0.148. The zero-order chi connectivity index (χ0) is 53.9. The molecule has 4 rings (SSSR count). The molecule has 3 fully saturated rings. The van der Waals surface area contributed by atoms with Crippen molar-refractivity contribution in [2.75, 3.05) is 19.8 Å². The van der Waals surface area contributed by atoms with Crippen molar-refractivity contribution < 1.29 is 123 Å². The van der Waals surface area contributed by atoms with E-state index >= 15 is 4.39 Å². The molecule has 25 nitrogen and oxygen atoms in total. The third kappa shape index (κ3) is 16.1. The van der Waals surface area contributed by atoms with E-state index in [0.717, 1.165) is 67.9 Å². The monoisotopic (exact) mass is 1030 g/mol. The number of carbonyl (C=O) groups is 10. The summed E-state index contributed by atoms with van der Waals surface area (Å²) in [6, 6.07) is 3.35. The van der Waals surface area contributed by atoms with E-state index in [0.29, 0.717) is 11.1 Å². The molecule has 0 radical (unpaired) electrons. The van der Waals surface area contributed by atoms with Gasteiger partial charge >= 0.3 is 59.7 Å². The standard InChI is InChI=1S/C46H59FO25/c1-18-13-19(2)33(20(3)14-18)44(57)70-40-37(62-25(8)52)35(30(67-43(40)47)15-58-21(4)48)71-46-42(66-29(12)56)39(64-27(10)54)36(32(69-46)17-60-23(6)50)72-45-41(65-28(11)55)38(63-26(9)53)34(61-24(7)51)31(68-45)16-59-22(5)49/h13-14,30-32,34-43,45-46H,15-17H2,1-12H3/t30-,31-,32-,34+,35-,36+,37+,38+,39+,40-,41-,42-,43?,45-,46+/m1/s1. The second-order valence-electron chi connectivity index (χ2n) is 16.8. The topological polar surface area (TPSA) is 309 Å². The van der Waals surface area contributed by atoms with Crippen LogP contribution in [-0.4, -0.2) is 172 Å². The molecule has 0 spiro atoms. The van der Waals surface area contributed by atoms with E-state index in [1.54, 1.807) is 32.9 Å². The fraction of sp³-hybridized carbons (Fsp3) is 0.652. The average Bonchev–Trinajstić information content (AvgIpc) is 3.23. The molecule has 3 heterocycles. The Morgan fingerprint density at radius 2 is 0.708 bits per heavy atom. The van der Waals surface area contributed by atoms with Crippen LogP contribution in [0.5, 0.6) is 0 Å². The number of halogens is 1. The van der Waals surface area contributed by atoms with Crippen molar-refractivity contribution in [2.45, 2.75) is 175 Å². The largest absolute Gasteiger partial charge is 0.463 e. The smallest absolute Gasteiger partial charge is 0.339 e. The molecule has 15 atom stereocenters. The molecule has 0 N–H and O–H groups in total. The molecule has 400 valence electrons. The van der Waals surface area contributed by atoms with Crippen molar-refractivity contribution in [1.29, 1.82) is 0 Å². The number of hydrogen-bond acceptors (Lipinski definition) is 25. The van der Waals surface area contributed by atoms with Gasteiger partial charge in [0.15, 0.2) is 55.3 Å². The first-order chi connectivity index (χ1) is 33.7. The van der Waals surface area contributed by atoms with Gasteiger partial charge in [-0.15, -0.1) is 0 Å². The van der Waals surface area contributed by atoms with Crippen molar-refractivity contribution in [3.8, 4) is 0 Å². The lowest BCUT2D eigenvalue weighted by molar-refractivity contribution is -0.376. The van der Waals surface area contributed by atoms with Gasteiger partial charge in [0.05, 0.1) is 5.56 Å². The minimum Gasteiger partial charge on any atom is -0.463 e. The highest BCUT2D eigenvalue weighted by Gasteiger charge is 2.60. The Morgan fingerprint density at radius 3 is 1.07 bits per heavy atom. The normalized spacial score (nSPS) is 30.0. The number of hydrogen-bond donors (Lipinski definition) is 0. The lowest BCUT2D eigenvalue weighted by Gasteiger charge is -2.50. The van der Waals surface area contributed by atoms with E-state index in [1.807, 2.05) is 0 Å². The van der Waals surface area contributed by atoms with E-state index in [-0.39, 0.29) is 5.56 Å². The van der Waals surface area contributed by atoms with Crippen LogP contribution < -0.4 is 0 Å². The van der Waals surface area contributed by atoms with Gasteiger partial charge in [0.2, 0.25) is 6.36 Å². The molecular formula is C46H59FO25. The summed E-state index contributed by atoms with van der Waals surface area (Å²) in [7, 11) is 0. The predicted octanol–water partition coefficient (Wildman–Crippen LogP) is 1.33. The van der Waals surface area contributed by atoms with Crippen molar-refractivity contribution in [2.24, 2.45) is 0 Å². The van der Waals surface area contributed by atoms with E-state index < -0.39 is 172 Å². The van der Waals surface area contributed by atoms with Gasteiger partial charge in [0.25, 0.3) is 0 Å². The van der Waals surface area contributed by atoms with Gasteiger partial charge in [0.1, 0.15) is 50.3 Å². The Morgan fingerprint density at radius 1 is 0.403 bits per heavy atom. The van der Waals surface area contributed by atoms with Crippen LogP contribution in [0.4, 0.5) is 4.39 Å². The van der Waals surface area contributed by atoms with Crippen LogP contribution in [0.3, 0.4) is 0 Å². The molecule has 0 aliphatic carbocycles.